The van der Waals surface area contributed by atoms with Gasteiger partial charge in [0.15, 0.2) is 12.2 Å². The van der Waals surface area contributed by atoms with Crippen molar-refractivity contribution in [3.05, 3.63) is 0 Å². The standard InChI is InChI=1S/C14H21NO12S/c1-6(16)15-11-13(25-8(3)18)12(24-7(2)17)10(5-23-28(20,21)22)27-14(11)26-9(4)19/h10-14H,5H2,1-4H3,(H,15,16)(H,20,21,22)/t10-,11-,12+,13-,14+/m1/s1. The molecule has 2 N–H and O–H groups in total. The quantitative estimate of drug-likeness (QED) is 0.272. The maximum Gasteiger partial charge on any atom is 0.397 e. The lowest BCUT2D eigenvalue weighted by atomic mass is 9.96. The number of carbonyl (C=O) groups is 4. The van der Waals surface area contributed by atoms with Crippen LogP contribution in [0, 0.1) is 0 Å². The van der Waals surface area contributed by atoms with Crippen LogP contribution in [0.2, 0.25) is 0 Å². The number of amides is 1. The first-order valence-corrected chi connectivity index (χ1v) is 9.22. The zero-order chi connectivity index (χ0) is 21.6. The van der Waals surface area contributed by atoms with Crippen molar-refractivity contribution in [2.24, 2.45) is 0 Å². The Labute approximate surface area is 160 Å². The molecule has 0 bridgehead atoms. The lowest BCUT2D eigenvalue weighted by Gasteiger charge is -2.44. The Morgan fingerprint density at radius 1 is 0.929 bits per heavy atom. The molecule has 0 aromatic carbocycles. The van der Waals surface area contributed by atoms with Gasteiger partial charge < -0.3 is 24.3 Å². The summed E-state index contributed by atoms with van der Waals surface area (Å²) < 4.78 is 55.3. The fraction of sp³-hybridized carbons (Fsp3) is 0.714. The highest BCUT2D eigenvalue weighted by molar-refractivity contribution is 7.80. The first kappa shape index (κ1) is 23.7. The number of rotatable bonds is 7. The summed E-state index contributed by atoms with van der Waals surface area (Å²) in [7, 11) is -4.89. The minimum atomic E-state index is -4.89. The summed E-state index contributed by atoms with van der Waals surface area (Å²) in [5, 5.41) is 2.37. The number of esters is 3. The van der Waals surface area contributed by atoms with Gasteiger partial charge in [0, 0.05) is 27.7 Å². The van der Waals surface area contributed by atoms with Crippen LogP contribution in [-0.2, 0) is 52.7 Å². The summed E-state index contributed by atoms with van der Waals surface area (Å²) in [6.07, 6.45) is -5.90. The van der Waals surface area contributed by atoms with Crippen molar-refractivity contribution in [3.63, 3.8) is 0 Å². The summed E-state index contributed by atoms with van der Waals surface area (Å²) >= 11 is 0. The van der Waals surface area contributed by atoms with Crippen LogP contribution in [0.15, 0.2) is 0 Å². The van der Waals surface area contributed by atoms with Gasteiger partial charge in [-0.15, -0.1) is 0 Å². The molecule has 0 aromatic rings. The van der Waals surface area contributed by atoms with Crippen LogP contribution in [0.4, 0.5) is 0 Å². The average molecular weight is 427 g/mol. The van der Waals surface area contributed by atoms with Gasteiger partial charge in [0.1, 0.15) is 12.1 Å². The third kappa shape index (κ3) is 7.75. The molecule has 1 aliphatic heterocycles. The summed E-state index contributed by atoms with van der Waals surface area (Å²) in [5.74, 6) is -3.13. The van der Waals surface area contributed by atoms with E-state index >= 15 is 0 Å². The Balaban J connectivity index is 3.33. The zero-order valence-electron chi connectivity index (χ0n) is 15.4. The molecule has 0 unspecified atom stereocenters. The van der Waals surface area contributed by atoms with Crippen molar-refractivity contribution in [1.29, 1.82) is 0 Å². The average Bonchev–Trinajstić information content (AvgIpc) is 2.48. The predicted molar refractivity (Wildman–Crippen MR) is 86.6 cm³/mol. The number of ether oxygens (including phenoxy) is 4. The highest BCUT2D eigenvalue weighted by atomic mass is 32.3. The van der Waals surface area contributed by atoms with Crippen LogP contribution < -0.4 is 5.32 Å². The van der Waals surface area contributed by atoms with Crippen molar-refractivity contribution < 1.29 is 55.3 Å². The van der Waals surface area contributed by atoms with Crippen molar-refractivity contribution in [2.75, 3.05) is 6.61 Å². The van der Waals surface area contributed by atoms with Gasteiger partial charge in [-0.25, -0.2) is 4.18 Å². The molecule has 0 saturated carbocycles. The molecule has 1 fully saturated rings. The van der Waals surface area contributed by atoms with E-state index in [0.717, 1.165) is 27.7 Å². The molecule has 0 aromatic heterocycles. The lowest BCUT2D eigenvalue weighted by molar-refractivity contribution is -0.268. The van der Waals surface area contributed by atoms with Gasteiger partial charge in [-0.3, -0.25) is 23.7 Å². The van der Waals surface area contributed by atoms with E-state index in [2.05, 4.69) is 9.50 Å². The molecule has 0 spiro atoms. The molecule has 1 amide bonds. The molecule has 0 aliphatic carbocycles. The minimum absolute atomic E-state index is 0.614. The van der Waals surface area contributed by atoms with Gasteiger partial charge in [0.25, 0.3) is 0 Å². The molecule has 1 aliphatic rings. The van der Waals surface area contributed by atoms with Gasteiger partial charge in [0.2, 0.25) is 12.2 Å². The van der Waals surface area contributed by atoms with Gasteiger partial charge in [-0.05, 0) is 0 Å². The first-order chi connectivity index (χ1) is 12.8. The molecule has 5 atom stereocenters. The van der Waals surface area contributed by atoms with Crippen molar-refractivity contribution in [2.45, 2.75) is 58.3 Å². The first-order valence-electron chi connectivity index (χ1n) is 7.86. The molecular formula is C14H21NO12S. The Bertz CT molecular complexity index is 720. The topological polar surface area (TPSA) is 181 Å². The van der Waals surface area contributed by atoms with Crippen molar-refractivity contribution in [1.82, 2.24) is 5.32 Å². The largest absolute Gasteiger partial charge is 0.456 e. The van der Waals surface area contributed by atoms with Crippen LogP contribution in [0.25, 0.3) is 0 Å². The second-order valence-electron chi connectivity index (χ2n) is 5.74. The van der Waals surface area contributed by atoms with Crippen LogP contribution in [0.5, 0.6) is 0 Å². The van der Waals surface area contributed by atoms with E-state index in [-0.39, 0.29) is 0 Å². The summed E-state index contributed by atoms with van der Waals surface area (Å²) in [4.78, 5) is 45.9. The zero-order valence-corrected chi connectivity index (χ0v) is 16.3. The van der Waals surface area contributed by atoms with E-state index in [4.69, 9.17) is 23.5 Å². The SMILES string of the molecule is CC(=O)N[C@H]1[C@@H](OC(C)=O)O[C@H](COS(=O)(=O)O)[C@H](OC(C)=O)[C@@H]1OC(C)=O. The lowest BCUT2D eigenvalue weighted by Crippen LogP contribution is -2.66. The second-order valence-corrected chi connectivity index (χ2v) is 6.83. The monoisotopic (exact) mass is 427 g/mol. The fourth-order valence-electron chi connectivity index (χ4n) is 2.51. The Morgan fingerprint density at radius 2 is 1.43 bits per heavy atom. The van der Waals surface area contributed by atoms with E-state index in [9.17, 15) is 27.6 Å². The molecular weight excluding hydrogens is 406 g/mol. The molecule has 0 radical (unpaired) electrons. The number of carbonyl (C=O) groups excluding carboxylic acids is 4. The molecule has 1 saturated heterocycles. The van der Waals surface area contributed by atoms with Gasteiger partial charge in [0.05, 0.1) is 6.61 Å². The Hall–Kier alpha value is -2.29. The van der Waals surface area contributed by atoms with Crippen LogP contribution in [0.3, 0.4) is 0 Å². The van der Waals surface area contributed by atoms with E-state index in [1.165, 1.54) is 0 Å². The molecule has 1 rings (SSSR count). The Kier molecular flexibility index (Phi) is 8.29. The predicted octanol–water partition coefficient (Wildman–Crippen LogP) is -1.54. The van der Waals surface area contributed by atoms with Crippen LogP contribution in [-0.4, -0.2) is 74.0 Å². The van der Waals surface area contributed by atoms with Crippen LogP contribution >= 0.6 is 0 Å². The molecule has 13 nitrogen and oxygen atoms in total. The molecule has 1 heterocycles. The van der Waals surface area contributed by atoms with Crippen LogP contribution in [0.1, 0.15) is 27.7 Å². The number of nitrogens with one attached hydrogen (secondary N) is 1. The van der Waals surface area contributed by atoms with Gasteiger partial charge in [-0.1, -0.05) is 0 Å². The maximum absolute atomic E-state index is 11.5. The van der Waals surface area contributed by atoms with E-state index < -0.39 is 71.5 Å². The highest BCUT2D eigenvalue weighted by Gasteiger charge is 2.52. The number of hydrogen-bond donors (Lipinski definition) is 2. The summed E-state index contributed by atoms with van der Waals surface area (Å²) in [6, 6.07) is -1.29. The normalized spacial score (nSPS) is 27.4. The van der Waals surface area contributed by atoms with E-state index in [1.54, 1.807) is 0 Å². The smallest absolute Gasteiger partial charge is 0.397 e. The number of hydrogen-bond acceptors (Lipinski definition) is 11. The molecule has 160 valence electrons. The molecule has 28 heavy (non-hydrogen) atoms. The van der Waals surface area contributed by atoms with Crippen molar-refractivity contribution in [3.8, 4) is 0 Å². The second kappa shape index (κ2) is 9.77. The Morgan fingerprint density at radius 3 is 1.86 bits per heavy atom. The molecule has 14 heteroatoms. The van der Waals surface area contributed by atoms with E-state index in [0.29, 0.717) is 0 Å². The highest BCUT2D eigenvalue weighted by Crippen LogP contribution is 2.28. The van der Waals surface area contributed by atoms with Crippen molar-refractivity contribution >= 4 is 34.2 Å². The minimum Gasteiger partial charge on any atom is -0.456 e. The van der Waals surface area contributed by atoms with Gasteiger partial charge >= 0.3 is 28.3 Å². The van der Waals surface area contributed by atoms with Gasteiger partial charge in [-0.2, -0.15) is 8.42 Å². The van der Waals surface area contributed by atoms with E-state index in [1.807, 2.05) is 0 Å². The fourth-order valence-corrected chi connectivity index (χ4v) is 2.81. The summed E-state index contributed by atoms with van der Waals surface area (Å²) in [6.45, 7) is 3.35. The maximum atomic E-state index is 11.5. The summed E-state index contributed by atoms with van der Waals surface area (Å²) in [5.41, 5.74) is 0. The third-order valence-corrected chi connectivity index (χ3v) is 3.72. The third-order valence-electron chi connectivity index (χ3n) is 3.28.